The van der Waals surface area contributed by atoms with E-state index >= 15 is 0 Å². The van der Waals surface area contributed by atoms with Crippen molar-refractivity contribution in [2.75, 3.05) is 20.3 Å². The molecular weight excluding hydrogens is 287 g/mol. The first-order valence-electron chi connectivity index (χ1n) is 5.69. The molecule has 2 aromatic heterocycles. The van der Waals surface area contributed by atoms with E-state index in [2.05, 4.69) is 5.10 Å². The summed E-state index contributed by atoms with van der Waals surface area (Å²) in [5.41, 5.74) is 5.33. The third kappa shape index (κ3) is 2.25. The molecule has 0 bridgehead atoms. The van der Waals surface area contributed by atoms with Crippen LogP contribution in [0.1, 0.15) is 10.4 Å². The fourth-order valence-electron chi connectivity index (χ4n) is 1.78. The lowest BCUT2D eigenvalue weighted by Crippen LogP contribution is -2.31. The molecule has 0 radical (unpaired) electrons. The Hall–Kier alpha value is -2.00. The number of nitrogens with two attached hydrogens (primary N) is 1. The van der Waals surface area contributed by atoms with Crippen LogP contribution in [0.2, 0.25) is 0 Å². The molecule has 20 heavy (non-hydrogen) atoms. The Labute approximate surface area is 114 Å². The van der Waals surface area contributed by atoms with Crippen LogP contribution < -0.4 is 5.73 Å². The van der Waals surface area contributed by atoms with Crippen LogP contribution in [0.25, 0.3) is 5.52 Å². The van der Waals surface area contributed by atoms with E-state index in [-0.39, 0.29) is 17.6 Å². The number of carbonyl (C=O) groups excluding carboxylic acids is 1. The monoisotopic (exact) mass is 300 g/mol. The van der Waals surface area contributed by atoms with Crippen LogP contribution in [0.4, 0.5) is 4.39 Å². The number of rotatable bonds is 5. The van der Waals surface area contributed by atoms with Crippen LogP contribution in [0.15, 0.2) is 29.4 Å². The third-order valence-electron chi connectivity index (χ3n) is 2.81. The van der Waals surface area contributed by atoms with Gasteiger partial charge in [-0.2, -0.15) is 9.40 Å². The van der Waals surface area contributed by atoms with Crippen molar-refractivity contribution in [3.63, 3.8) is 0 Å². The van der Waals surface area contributed by atoms with E-state index in [9.17, 15) is 17.6 Å². The van der Waals surface area contributed by atoms with Crippen molar-refractivity contribution in [1.29, 1.82) is 0 Å². The minimum atomic E-state index is -4.08. The zero-order valence-corrected chi connectivity index (χ0v) is 11.5. The second-order valence-electron chi connectivity index (χ2n) is 4.09. The maximum absolute atomic E-state index is 12.3. The molecule has 2 aromatic rings. The van der Waals surface area contributed by atoms with Crippen LogP contribution >= 0.6 is 0 Å². The molecule has 0 aliphatic heterocycles. The number of halogens is 1. The van der Waals surface area contributed by atoms with Gasteiger partial charge in [-0.15, -0.1) is 0 Å². The summed E-state index contributed by atoms with van der Waals surface area (Å²) in [5, 5.41) is 3.41. The Morgan fingerprint density at radius 1 is 1.50 bits per heavy atom. The second-order valence-corrected chi connectivity index (χ2v) is 6.05. The number of hydrogen-bond acceptors (Lipinski definition) is 4. The minimum absolute atomic E-state index is 0.198. The highest BCUT2D eigenvalue weighted by atomic mass is 32.2. The molecule has 0 spiro atoms. The van der Waals surface area contributed by atoms with Crippen molar-refractivity contribution in [3.05, 3.63) is 30.0 Å². The van der Waals surface area contributed by atoms with Gasteiger partial charge in [0, 0.05) is 19.8 Å². The van der Waals surface area contributed by atoms with Gasteiger partial charge in [0.05, 0.1) is 5.52 Å². The molecule has 0 aromatic carbocycles. The highest BCUT2D eigenvalue weighted by molar-refractivity contribution is 7.89. The van der Waals surface area contributed by atoms with Gasteiger partial charge in [0.25, 0.3) is 15.9 Å². The van der Waals surface area contributed by atoms with E-state index in [0.29, 0.717) is 0 Å². The largest absolute Gasteiger partial charge is 0.365 e. The Morgan fingerprint density at radius 2 is 2.20 bits per heavy atom. The van der Waals surface area contributed by atoms with Crippen molar-refractivity contribution in [2.45, 2.75) is 5.03 Å². The first kappa shape index (κ1) is 14.4. The van der Waals surface area contributed by atoms with E-state index in [1.165, 1.54) is 23.8 Å². The predicted molar refractivity (Wildman–Crippen MR) is 69.5 cm³/mol. The van der Waals surface area contributed by atoms with E-state index in [1.54, 1.807) is 12.1 Å². The molecule has 7 nitrogen and oxygen atoms in total. The van der Waals surface area contributed by atoms with E-state index in [0.717, 1.165) is 4.31 Å². The molecule has 9 heteroatoms. The third-order valence-corrected chi connectivity index (χ3v) is 4.59. The molecule has 2 N–H and O–H groups in total. The van der Waals surface area contributed by atoms with Gasteiger partial charge in [-0.1, -0.05) is 6.07 Å². The molecular formula is C11H13FN4O3S. The van der Waals surface area contributed by atoms with Crippen LogP contribution in [-0.4, -0.2) is 48.5 Å². The highest BCUT2D eigenvalue weighted by Crippen LogP contribution is 2.22. The molecule has 2 rings (SSSR count). The zero-order chi connectivity index (χ0) is 14.9. The van der Waals surface area contributed by atoms with Gasteiger partial charge in [-0.3, -0.25) is 4.79 Å². The minimum Gasteiger partial charge on any atom is -0.365 e. The van der Waals surface area contributed by atoms with E-state index < -0.39 is 27.6 Å². The maximum Gasteiger partial charge on any atom is 0.263 e. The van der Waals surface area contributed by atoms with Gasteiger partial charge in [-0.25, -0.2) is 17.3 Å². The van der Waals surface area contributed by atoms with Crippen molar-refractivity contribution in [3.8, 4) is 0 Å². The van der Waals surface area contributed by atoms with Gasteiger partial charge in [0.15, 0.2) is 0 Å². The van der Waals surface area contributed by atoms with Gasteiger partial charge >= 0.3 is 0 Å². The van der Waals surface area contributed by atoms with Gasteiger partial charge in [0.1, 0.15) is 12.2 Å². The molecule has 0 unspecified atom stereocenters. The quantitative estimate of drug-likeness (QED) is 0.842. The van der Waals surface area contributed by atoms with Crippen LogP contribution in [0.5, 0.6) is 0 Å². The predicted octanol–water partition coefficient (Wildman–Crippen LogP) is 0.0232. The van der Waals surface area contributed by atoms with Crippen molar-refractivity contribution < 1.29 is 17.6 Å². The molecule has 0 saturated heterocycles. The SMILES string of the molecule is CN(CCF)S(=O)(=O)c1nn2ccccc2c1C(N)=O. The van der Waals surface area contributed by atoms with Gasteiger partial charge in [-0.05, 0) is 12.1 Å². The van der Waals surface area contributed by atoms with Crippen LogP contribution in [-0.2, 0) is 10.0 Å². The average Bonchev–Trinajstić information content (AvgIpc) is 2.79. The fraction of sp³-hybridized carbons (Fsp3) is 0.273. The molecule has 108 valence electrons. The smallest absolute Gasteiger partial charge is 0.263 e. The lowest BCUT2D eigenvalue weighted by Gasteiger charge is -2.13. The number of carbonyl (C=O) groups is 1. The number of amides is 1. The number of aromatic nitrogens is 2. The molecule has 0 aliphatic carbocycles. The first-order valence-corrected chi connectivity index (χ1v) is 7.13. The first-order chi connectivity index (χ1) is 9.39. The Kier molecular flexibility index (Phi) is 3.73. The van der Waals surface area contributed by atoms with Gasteiger partial charge < -0.3 is 5.73 Å². The Balaban J connectivity index is 2.71. The summed E-state index contributed by atoms with van der Waals surface area (Å²) < 4.78 is 39.0. The number of fused-ring (bicyclic) bond motifs is 1. The number of primary amides is 1. The van der Waals surface area contributed by atoms with Crippen LogP contribution in [0.3, 0.4) is 0 Å². The maximum atomic E-state index is 12.3. The molecule has 0 aliphatic rings. The van der Waals surface area contributed by atoms with Gasteiger partial charge in [0.2, 0.25) is 5.03 Å². The topological polar surface area (TPSA) is 97.8 Å². The second kappa shape index (κ2) is 5.17. The van der Waals surface area contributed by atoms with Crippen molar-refractivity contribution in [2.24, 2.45) is 5.73 Å². The highest BCUT2D eigenvalue weighted by Gasteiger charge is 2.31. The number of sulfonamides is 1. The molecule has 2 heterocycles. The summed E-state index contributed by atoms with van der Waals surface area (Å²) in [6, 6.07) is 4.79. The average molecular weight is 300 g/mol. The number of nitrogens with zero attached hydrogens (tertiary/aromatic N) is 3. The fourth-order valence-corrected chi connectivity index (χ4v) is 3.03. The summed E-state index contributed by atoms with van der Waals surface area (Å²) in [6.45, 7) is -1.16. The Bertz CT molecular complexity index is 756. The summed E-state index contributed by atoms with van der Waals surface area (Å²) in [7, 11) is -2.87. The molecule has 0 atom stereocenters. The summed E-state index contributed by atoms with van der Waals surface area (Å²) in [6.07, 6.45) is 1.50. The van der Waals surface area contributed by atoms with E-state index in [4.69, 9.17) is 5.73 Å². The summed E-state index contributed by atoms with van der Waals surface area (Å²) in [5.74, 6) is -0.904. The molecule has 1 amide bonds. The lowest BCUT2D eigenvalue weighted by atomic mass is 10.2. The van der Waals surface area contributed by atoms with Crippen molar-refractivity contribution >= 4 is 21.4 Å². The summed E-state index contributed by atoms with van der Waals surface area (Å²) >= 11 is 0. The molecule has 0 saturated carbocycles. The number of hydrogen-bond donors (Lipinski definition) is 1. The number of alkyl halides is 1. The standard InChI is InChI=1S/C11H13FN4O3S/c1-15(7-5-12)20(18,19)11-9(10(13)17)8-4-2-3-6-16(8)14-11/h2-4,6H,5,7H2,1H3,(H2,13,17). The zero-order valence-electron chi connectivity index (χ0n) is 10.7. The van der Waals surface area contributed by atoms with Crippen molar-refractivity contribution in [1.82, 2.24) is 13.9 Å². The summed E-state index contributed by atoms with van der Waals surface area (Å²) in [4.78, 5) is 11.5. The lowest BCUT2D eigenvalue weighted by molar-refractivity contribution is 0.0998. The molecule has 0 fully saturated rings. The number of pyridine rings is 1. The Morgan fingerprint density at radius 3 is 2.80 bits per heavy atom. The van der Waals surface area contributed by atoms with E-state index in [1.807, 2.05) is 0 Å². The van der Waals surface area contributed by atoms with Crippen LogP contribution in [0, 0.1) is 0 Å². The normalized spacial score (nSPS) is 12.2.